The molecule has 4 nitrogen and oxygen atoms in total. The van der Waals surface area contributed by atoms with Crippen molar-refractivity contribution in [3.63, 3.8) is 0 Å². The van der Waals surface area contributed by atoms with Gasteiger partial charge in [-0.05, 0) is 24.3 Å². The summed E-state index contributed by atoms with van der Waals surface area (Å²) in [5, 5.41) is 0. The van der Waals surface area contributed by atoms with Crippen LogP contribution in [0.15, 0.2) is 30.3 Å². The summed E-state index contributed by atoms with van der Waals surface area (Å²) < 4.78 is 10.2. The first-order valence-corrected chi connectivity index (χ1v) is 7.93. The number of rotatable bonds is 10. The van der Waals surface area contributed by atoms with Gasteiger partial charge in [0.2, 0.25) is 0 Å². The Balaban J connectivity index is 2.04. The van der Waals surface area contributed by atoms with Crippen LogP contribution in [0.25, 0.3) is 0 Å². The minimum Gasteiger partial charge on any atom is -0.466 e. The van der Waals surface area contributed by atoms with Gasteiger partial charge >= 0.3 is 11.9 Å². The second kappa shape index (κ2) is 10.8. The molecule has 0 aliphatic carbocycles. The van der Waals surface area contributed by atoms with Crippen molar-refractivity contribution in [2.24, 2.45) is 5.92 Å². The standard InChI is InChI=1S/C18H26O4/c1-15(2)7-6-13-21-17(19)10-11-18(20)22-14-12-16-8-4-3-5-9-16/h3-5,8-9,15H,6-7,10-14H2,1-2H3. The second-order valence-electron chi connectivity index (χ2n) is 5.71. The van der Waals surface area contributed by atoms with E-state index in [9.17, 15) is 9.59 Å². The molecular weight excluding hydrogens is 280 g/mol. The zero-order valence-electron chi connectivity index (χ0n) is 13.5. The Bertz CT molecular complexity index is 440. The molecule has 0 aliphatic rings. The van der Waals surface area contributed by atoms with Gasteiger partial charge in [0.15, 0.2) is 0 Å². The van der Waals surface area contributed by atoms with Gasteiger partial charge in [0.05, 0.1) is 26.1 Å². The van der Waals surface area contributed by atoms with E-state index >= 15 is 0 Å². The lowest BCUT2D eigenvalue weighted by molar-refractivity contribution is -0.150. The Labute approximate surface area is 132 Å². The topological polar surface area (TPSA) is 52.6 Å². The fraction of sp³-hybridized carbons (Fsp3) is 0.556. The van der Waals surface area contributed by atoms with Crippen molar-refractivity contribution in [3.05, 3.63) is 35.9 Å². The van der Waals surface area contributed by atoms with Gasteiger partial charge in [0.25, 0.3) is 0 Å². The van der Waals surface area contributed by atoms with Gasteiger partial charge in [-0.1, -0.05) is 44.2 Å². The van der Waals surface area contributed by atoms with Gasteiger partial charge in [0.1, 0.15) is 0 Å². The van der Waals surface area contributed by atoms with E-state index in [-0.39, 0.29) is 24.8 Å². The van der Waals surface area contributed by atoms with Crippen molar-refractivity contribution in [3.8, 4) is 0 Å². The van der Waals surface area contributed by atoms with Crippen molar-refractivity contribution in [2.45, 2.75) is 46.0 Å². The first-order chi connectivity index (χ1) is 10.6. The third kappa shape index (κ3) is 9.16. The van der Waals surface area contributed by atoms with Crippen LogP contribution in [-0.2, 0) is 25.5 Å². The molecule has 0 saturated carbocycles. The molecule has 22 heavy (non-hydrogen) atoms. The number of carbonyl (C=O) groups is 2. The molecule has 0 N–H and O–H groups in total. The molecule has 1 aromatic rings. The summed E-state index contributed by atoms with van der Waals surface area (Å²) in [5.41, 5.74) is 1.12. The van der Waals surface area contributed by atoms with Crippen LogP contribution in [0.1, 0.15) is 45.1 Å². The lowest BCUT2D eigenvalue weighted by Gasteiger charge is -2.07. The van der Waals surface area contributed by atoms with Crippen molar-refractivity contribution >= 4 is 11.9 Å². The van der Waals surface area contributed by atoms with Crippen LogP contribution in [0.3, 0.4) is 0 Å². The predicted molar refractivity (Wildman–Crippen MR) is 85.4 cm³/mol. The first kappa shape index (κ1) is 18.2. The zero-order valence-corrected chi connectivity index (χ0v) is 13.5. The van der Waals surface area contributed by atoms with Crippen molar-refractivity contribution in [2.75, 3.05) is 13.2 Å². The Morgan fingerprint density at radius 3 is 2.14 bits per heavy atom. The highest BCUT2D eigenvalue weighted by Crippen LogP contribution is 2.05. The van der Waals surface area contributed by atoms with E-state index in [1.54, 1.807) is 0 Å². The highest BCUT2D eigenvalue weighted by Gasteiger charge is 2.09. The number of hydrogen-bond donors (Lipinski definition) is 0. The second-order valence-corrected chi connectivity index (χ2v) is 5.71. The summed E-state index contributed by atoms with van der Waals surface area (Å²) in [6.07, 6.45) is 2.76. The summed E-state index contributed by atoms with van der Waals surface area (Å²) in [5.74, 6) is -0.0721. The number of benzene rings is 1. The smallest absolute Gasteiger partial charge is 0.306 e. The maximum atomic E-state index is 11.5. The van der Waals surface area contributed by atoms with E-state index in [1.165, 1.54) is 0 Å². The van der Waals surface area contributed by atoms with Gasteiger partial charge in [-0.2, -0.15) is 0 Å². The van der Waals surface area contributed by atoms with Crippen molar-refractivity contribution in [1.82, 2.24) is 0 Å². The van der Waals surface area contributed by atoms with Crippen LogP contribution in [0.5, 0.6) is 0 Å². The minimum absolute atomic E-state index is 0.0812. The molecule has 0 radical (unpaired) electrons. The summed E-state index contributed by atoms with van der Waals surface area (Å²) in [6.45, 7) is 5.03. The molecule has 0 heterocycles. The summed E-state index contributed by atoms with van der Waals surface area (Å²) in [6, 6.07) is 9.83. The van der Waals surface area contributed by atoms with E-state index in [4.69, 9.17) is 9.47 Å². The van der Waals surface area contributed by atoms with Crippen molar-refractivity contribution in [1.29, 1.82) is 0 Å². The normalized spacial score (nSPS) is 10.5. The maximum Gasteiger partial charge on any atom is 0.306 e. The third-order valence-electron chi connectivity index (χ3n) is 3.22. The number of hydrogen-bond acceptors (Lipinski definition) is 4. The molecule has 1 rings (SSSR count). The highest BCUT2D eigenvalue weighted by atomic mass is 16.5. The van der Waals surface area contributed by atoms with Gasteiger partial charge in [-0.15, -0.1) is 0 Å². The SMILES string of the molecule is CC(C)CCCOC(=O)CCC(=O)OCCc1ccccc1. The van der Waals surface area contributed by atoms with Crippen LogP contribution in [0, 0.1) is 5.92 Å². The fourth-order valence-electron chi connectivity index (χ4n) is 1.95. The molecule has 0 bridgehead atoms. The Morgan fingerprint density at radius 2 is 1.55 bits per heavy atom. The molecule has 0 fully saturated rings. The number of esters is 2. The molecule has 122 valence electrons. The third-order valence-corrected chi connectivity index (χ3v) is 3.22. The van der Waals surface area contributed by atoms with E-state index in [1.807, 2.05) is 30.3 Å². The van der Waals surface area contributed by atoms with Crippen LogP contribution < -0.4 is 0 Å². The summed E-state index contributed by atoms with van der Waals surface area (Å²) >= 11 is 0. The molecule has 0 atom stereocenters. The highest BCUT2D eigenvalue weighted by molar-refractivity contribution is 5.77. The van der Waals surface area contributed by atoms with E-state index < -0.39 is 0 Å². The Kier molecular flexibility index (Phi) is 8.96. The lowest BCUT2D eigenvalue weighted by Crippen LogP contribution is -2.12. The molecule has 0 saturated heterocycles. The van der Waals surface area contributed by atoms with Gasteiger partial charge in [0, 0.05) is 6.42 Å². The van der Waals surface area contributed by atoms with Crippen LogP contribution in [0.2, 0.25) is 0 Å². The lowest BCUT2D eigenvalue weighted by atomic mass is 10.1. The van der Waals surface area contributed by atoms with Crippen molar-refractivity contribution < 1.29 is 19.1 Å². The molecule has 0 amide bonds. The molecule has 0 unspecified atom stereocenters. The number of ether oxygens (including phenoxy) is 2. The van der Waals surface area contributed by atoms with Crippen LogP contribution in [0.4, 0.5) is 0 Å². The molecule has 1 aromatic carbocycles. The largest absolute Gasteiger partial charge is 0.466 e. The van der Waals surface area contributed by atoms with Gasteiger partial charge < -0.3 is 9.47 Å². The summed E-state index contributed by atoms with van der Waals surface area (Å²) in [4.78, 5) is 23.0. The molecule has 0 spiro atoms. The molecule has 0 aliphatic heterocycles. The summed E-state index contributed by atoms with van der Waals surface area (Å²) in [7, 11) is 0. The number of carbonyl (C=O) groups excluding carboxylic acids is 2. The predicted octanol–water partition coefficient (Wildman–Crippen LogP) is 3.53. The first-order valence-electron chi connectivity index (χ1n) is 7.93. The Morgan fingerprint density at radius 1 is 0.955 bits per heavy atom. The monoisotopic (exact) mass is 306 g/mol. The quantitative estimate of drug-likeness (QED) is 0.490. The molecular formula is C18H26O4. The molecule has 0 aromatic heterocycles. The Hall–Kier alpha value is -1.84. The van der Waals surface area contributed by atoms with E-state index in [0.717, 1.165) is 18.4 Å². The van der Waals surface area contributed by atoms with E-state index in [0.29, 0.717) is 25.6 Å². The van der Waals surface area contributed by atoms with Crippen LogP contribution >= 0.6 is 0 Å². The molecule has 4 heteroatoms. The average Bonchev–Trinajstić information content (AvgIpc) is 2.50. The zero-order chi connectivity index (χ0) is 16.2. The maximum absolute atomic E-state index is 11.5. The van der Waals surface area contributed by atoms with Gasteiger partial charge in [-0.3, -0.25) is 9.59 Å². The van der Waals surface area contributed by atoms with E-state index in [2.05, 4.69) is 13.8 Å². The van der Waals surface area contributed by atoms with Gasteiger partial charge in [-0.25, -0.2) is 0 Å². The minimum atomic E-state index is -0.352. The average molecular weight is 306 g/mol. The fourth-order valence-corrected chi connectivity index (χ4v) is 1.95. The van der Waals surface area contributed by atoms with Crippen LogP contribution in [-0.4, -0.2) is 25.2 Å².